The second-order valence-corrected chi connectivity index (χ2v) is 10.0. The van der Waals surface area contributed by atoms with Crippen LogP contribution in [0.1, 0.15) is 33.6 Å². The number of esters is 1. The summed E-state index contributed by atoms with van der Waals surface area (Å²) in [6.07, 6.45) is 3.83. The summed E-state index contributed by atoms with van der Waals surface area (Å²) in [5.41, 5.74) is 1.71. The van der Waals surface area contributed by atoms with Gasteiger partial charge in [0.25, 0.3) is 0 Å². The summed E-state index contributed by atoms with van der Waals surface area (Å²) in [6.45, 7) is 1.98. The van der Waals surface area contributed by atoms with Gasteiger partial charge in [-0.2, -0.15) is 0 Å². The number of nitrogens with one attached hydrogen (secondary N) is 1. The van der Waals surface area contributed by atoms with Crippen molar-refractivity contribution in [3.8, 4) is 0 Å². The van der Waals surface area contributed by atoms with E-state index in [-0.39, 0.29) is 23.3 Å². The second kappa shape index (κ2) is 9.08. The molecule has 172 valence electrons. The Morgan fingerprint density at radius 2 is 1.79 bits per heavy atom. The van der Waals surface area contributed by atoms with Crippen molar-refractivity contribution in [1.29, 1.82) is 0 Å². The molecule has 5 rings (SSSR count). The number of aromatic nitrogens is 1. The van der Waals surface area contributed by atoms with E-state index in [0.717, 1.165) is 21.8 Å². The Morgan fingerprint density at radius 3 is 2.50 bits per heavy atom. The third kappa shape index (κ3) is 3.91. The fraction of sp³-hybridized carbons (Fsp3) is 0.200. The largest absolute Gasteiger partial charge is 0.462 e. The highest BCUT2D eigenvalue weighted by Gasteiger charge is 2.55. The van der Waals surface area contributed by atoms with E-state index in [4.69, 9.17) is 4.74 Å². The minimum atomic E-state index is -0.652. The number of thiazole rings is 1. The van der Waals surface area contributed by atoms with Gasteiger partial charge >= 0.3 is 10.8 Å². The molecule has 0 bridgehead atoms. The van der Waals surface area contributed by atoms with Gasteiger partial charge in [-0.3, -0.25) is 14.4 Å². The third-order valence-electron chi connectivity index (χ3n) is 5.80. The molecule has 0 aliphatic carbocycles. The lowest BCUT2D eigenvalue weighted by Crippen LogP contribution is -2.31. The molecule has 34 heavy (non-hydrogen) atoms. The number of anilines is 1. The lowest BCUT2D eigenvalue weighted by molar-refractivity contribution is -0.122. The van der Waals surface area contributed by atoms with E-state index in [1.54, 1.807) is 31.2 Å². The van der Waals surface area contributed by atoms with Crippen LogP contribution < -0.4 is 9.77 Å². The van der Waals surface area contributed by atoms with Gasteiger partial charge in [-0.25, -0.2) is 9.69 Å². The fourth-order valence-corrected chi connectivity index (χ4v) is 6.75. The van der Waals surface area contributed by atoms with E-state index in [1.165, 1.54) is 16.7 Å². The zero-order valence-electron chi connectivity index (χ0n) is 18.1. The number of ether oxygens (including phenoxy) is 1. The van der Waals surface area contributed by atoms with Crippen LogP contribution in [-0.4, -0.2) is 34.6 Å². The van der Waals surface area contributed by atoms with Crippen LogP contribution in [0.2, 0.25) is 0 Å². The molecule has 3 aromatic rings. The van der Waals surface area contributed by atoms with Crippen molar-refractivity contribution in [2.75, 3.05) is 11.5 Å². The number of nitrogens with zero attached hydrogens (tertiary/aromatic N) is 1. The number of hydrogen-bond donors (Lipinski definition) is 1. The Balaban J connectivity index is 1.50. The van der Waals surface area contributed by atoms with Crippen molar-refractivity contribution in [3.63, 3.8) is 0 Å². The number of amides is 2. The maximum atomic E-state index is 13.6. The monoisotopic (exact) mass is 492 g/mol. The summed E-state index contributed by atoms with van der Waals surface area (Å²) in [4.78, 5) is 55.6. The standard InChI is InChI=1S/C25H20N2O5S2/c1-2-32-24(30)15-9-11-16(12-10-15)27-22(28)18-17(13-8-14-6-4-3-5-7-14)19-21(26-25(31)34-19)33-20(18)23(27)29/h3-13,17-18,20H,2H2,1H3,(H,26,31)/b13-8+/t17-,18-,20+/m0/s1. The van der Waals surface area contributed by atoms with E-state index < -0.39 is 23.1 Å². The first-order valence-electron chi connectivity index (χ1n) is 10.8. The van der Waals surface area contributed by atoms with Crippen LogP contribution >= 0.6 is 23.1 Å². The summed E-state index contributed by atoms with van der Waals surface area (Å²) in [5, 5.41) is -0.0139. The molecule has 2 aromatic carbocycles. The Labute approximate surface area is 203 Å². The molecule has 0 spiro atoms. The number of allylic oxidation sites excluding steroid dienone is 1. The van der Waals surface area contributed by atoms with Crippen LogP contribution in [0.15, 0.2) is 70.5 Å². The molecule has 1 aromatic heterocycles. The number of rotatable bonds is 5. The molecule has 0 unspecified atom stereocenters. The van der Waals surface area contributed by atoms with Gasteiger partial charge in [0.2, 0.25) is 11.8 Å². The van der Waals surface area contributed by atoms with Crippen LogP contribution in [-0.2, 0) is 14.3 Å². The molecule has 2 aliphatic rings. The summed E-state index contributed by atoms with van der Waals surface area (Å²) >= 11 is 2.31. The molecular weight excluding hydrogens is 472 g/mol. The molecule has 1 fully saturated rings. The third-order valence-corrected chi connectivity index (χ3v) is 8.22. The fourth-order valence-electron chi connectivity index (χ4n) is 4.26. The lowest BCUT2D eigenvalue weighted by Gasteiger charge is -2.27. The first-order chi connectivity index (χ1) is 16.5. The number of carbonyl (C=O) groups excluding carboxylic acids is 3. The molecule has 0 radical (unpaired) electrons. The van der Waals surface area contributed by atoms with Crippen molar-refractivity contribution >= 4 is 52.6 Å². The first kappa shape index (κ1) is 22.4. The normalized spacial score (nSPS) is 21.6. The van der Waals surface area contributed by atoms with Crippen molar-refractivity contribution in [2.24, 2.45) is 5.92 Å². The van der Waals surface area contributed by atoms with Gasteiger partial charge < -0.3 is 9.72 Å². The van der Waals surface area contributed by atoms with Crippen molar-refractivity contribution in [3.05, 3.63) is 86.3 Å². The van der Waals surface area contributed by atoms with E-state index in [2.05, 4.69) is 4.98 Å². The molecule has 2 aliphatic heterocycles. The van der Waals surface area contributed by atoms with Crippen molar-refractivity contribution in [1.82, 2.24) is 4.98 Å². The highest BCUT2D eigenvalue weighted by Crippen LogP contribution is 2.51. The SMILES string of the molecule is CCOC(=O)c1ccc(N2C(=O)[C@H]3[C@H](/C=C/c4ccccc4)c4sc(=O)[nH]c4S[C@H]3C2=O)cc1. The zero-order valence-corrected chi connectivity index (χ0v) is 19.7. The average molecular weight is 493 g/mol. The number of thioether (sulfide) groups is 1. The van der Waals surface area contributed by atoms with E-state index >= 15 is 0 Å². The topological polar surface area (TPSA) is 96.5 Å². The average Bonchev–Trinajstić information content (AvgIpc) is 3.34. The van der Waals surface area contributed by atoms with Gasteiger partial charge in [0.15, 0.2) is 0 Å². The summed E-state index contributed by atoms with van der Waals surface area (Å²) in [6, 6.07) is 15.9. The summed E-state index contributed by atoms with van der Waals surface area (Å²) < 4.78 is 5.00. The molecule has 1 saturated heterocycles. The Kier molecular flexibility index (Phi) is 5.97. The maximum absolute atomic E-state index is 13.6. The van der Waals surface area contributed by atoms with Gasteiger partial charge in [-0.15, -0.1) is 0 Å². The van der Waals surface area contributed by atoms with Crippen LogP contribution in [0.4, 0.5) is 5.69 Å². The minimum absolute atomic E-state index is 0.207. The number of hydrogen-bond acceptors (Lipinski definition) is 7. The minimum Gasteiger partial charge on any atom is -0.462 e. The van der Waals surface area contributed by atoms with Gasteiger partial charge in [0.1, 0.15) is 5.25 Å². The molecule has 3 atom stereocenters. The van der Waals surface area contributed by atoms with Crippen LogP contribution in [0.5, 0.6) is 0 Å². The van der Waals surface area contributed by atoms with E-state index in [9.17, 15) is 19.2 Å². The molecule has 3 heterocycles. The maximum Gasteiger partial charge on any atom is 0.338 e. The van der Waals surface area contributed by atoms with Gasteiger partial charge in [0, 0.05) is 10.8 Å². The predicted molar refractivity (Wildman–Crippen MR) is 131 cm³/mol. The highest BCUT2D eigenvalue weighted by molar-refractivity contribution is 8.00. The molecule has 1 N–H and O–H groups in total. The van der Waals surface area contributed by atoms with Gasteiger partial charge in [-0.1, -0.05) is 65.6 Å². The molecule has 2 amide bonds. The number of carbonyl (C=O) groups is 3. The quantitative estimate of drug-likeness (QED) is 0.426. The zero-order chi connectivity index (χ0) is 23.8. The predicted octanol–water partition coefficient (Wildman–Crippen LogP) is 4.07. The Morgan fingerprint density at radius 1 is 1.06 bits per heavy atom. The number of aromatic amines is 1. The molecule has 9 heteroatoms. The smallest absolute Gasteiger partial charge is 0.338 e. The molecule has 0 saturated carbocycles. The number of benzene rings is 2. The van der Waals surface area contributed by atoms with Crippen molar-refractivity contribution < 1.29 is 19.1 Å². The number of imide groups is 1. The van der Waals surface area contributed by atoms with Gasteiger partial charge in [-0.05, 0) is 36.8 Å². The van der Waals surface area contributed by atoms with Crippen molar-refractivity contribution in [2.45, 2.75) is 23.1 Å². The second-order valence-electron chi connectivity index (χ2n) is 7.85. The lowest BCUT2D eigenvalue weighted by atomic mass is 9.88. The van der Waals surface area contributed by atoms with E-state index in [0.29, 0.717) is 16.3 Å². The molecule has 7 nitrogen and oxygen atoms in total. The number of H-pyrrole nitrogens is 1. The van der Waals surface area contributed by atoms with Crippen LogP contribution in [0.25, 0.3) is 6.08 Å². The van der Waals surface area contributed by atoms with Crippen LogP contribution in [0, 0.1) is 5.92 Å². The highest BCUT2D eigenvalue weighted by atomic mass is 32.2. The Bertz CT molecular complexity index is 1340. The van der Waals surface area contributed by atoms with E-state index in [1.807, 2.05) is 42.5 Å². The summed E-state index contributed by atoms with van der Waals surface area (Å²) in [5.74, 6) is -2.16. The van der Waals surface area contributed by atoms with Gasteiger partial charge in [0.05, 0.1) is 28.8 Å². The number of fused-ring (bicyclic) bond motifs is 2. The molecular formula is C25H20N2O5S2. The van der Waals surface area contributed by atoms with Crippen LogP contribution in [0.3, 0.4) is 0 Å². The first-order valence-corrected chi connectivity index (χ1v) is 12.5. The summed E-state index contributed by atoms with van der Waals surface area (Å²) in [7, 11) is 0. The Hall–Kier alpha value is -3.43.